The van der Waals surface area contributed by atoms with Crippen molar-refractivity contribution in [2.45, 2.75) is 33.8 Å². The number of allylic oxidation sites excluding steroid dienone is 10. The van der Waals surface area contributed by atoms with Crippen LogP contribution in [0, 0.1) is 5.92 Å². The van der Waals surface area contributed by atoms with Gasteiger partial charge in [-0.15, -0.1) is 0 Å². The van der Waals surface area contributed by atoms with Gasteiger partial charge < -0.3 is 9.47 Å². The van der Waals surface area contributed by atoms with Crippen LogP contribution in [0.4, 0.5) is 13.2 Å². The van der Waals surface area contributed by atoms with E-state index in [0.717, 1.165) is 0 Å². The highest BCUT2D eigenvalue weighted by Crippen LogP contribution is 2.27. The van der Waals surface area contributed by atoms with Gasteiger partial charge in [-0.05, 0) is 49.1 Å². The lowest BCUT2D eigenvalue weighted by molar-refractivity contribution is 0.0626. The molecule has 0 amide bonds. The van der Waals surface area contributed by atoms with Gasteiger partial charge in [0.1, 0.15) is 5.83 Å². The van der Waals surface area contributed by atoms with Crippen molar-refractivity contribution >= 4 is 0 Å². The van der Waals surface area contributed by atoms with E-state index in [9.17, 15) is 13.2 Å². The summed E-state index contributed by atoms with van der Waals surface area (Å²) in [5, 5.41) is 0. The second-order valence-corrected chi connectivity index (χ2v) is 8.00. The Labute approximate surface area is 203 Å². The predicted octanol–water partition coefficient (Wildman–Crippen LogP) is 8.54. The number of rotatable bonds is 16. The molecule has 1 atom stereocenters. The Bertz CT molecular complexity index is 927. The van der Waals surface area contributed by atoms with Crippen LogP contribution in [0.25, 0.3) is 0 Å². The van der Waals surface area contributed by atoms with E-state index in [4.69, 9.17) is 9.47 Å². The summed E-state index contributed by atoms with van der Waals surface area (Å²) in [5.41, 5.74) is 0.641. The van der Waals surface area contributed by atoms with Gasteiger partial charge in [0.25, 0.3) is 0 Å². The maximum atomic E-state index is 14.5. The molecule has 186 valence electrons. The monoisotopic (exact) mass is 474 g/mol. The fraction of sp³-hybridized carbons (Fsp3) is 0.310. The molecule has 0 bridgehead atoms. The summed E-state index contributed by atoms with van der Waals surface area (Å²) in [4.78, 5) is 0. The van der Waals surface area contributed by atoms with Crippen molar-refractivity contribution in [2.75, 3.05) is 19.8 Å². The first-order valence-corrected chi connectivity index (χ1v) is 10.9. The minimum Gasteiger partial charge on any atom is -0.378 e. The van der Waals surface area contributed by atoms with Crippen LogP contribution in [0.15, 0.2) is 121 Å². The van der Waals surface area contributed by atoms with Crippen LogP contribution >= 0.6 is 0 Å². The predicted molar refractivity (Wildman–Crippen MR) is 138 cm³/mol. The van der Waals surface area contributed by atoms with E-state index in [1.54, 1.807) is 12.2 Å². The van der Waals surface area contributed by atoms with Crippen molar-refractivity contribution in [3.63, 3.8) is 0 Å². The average molecular weight is 475 g/mol. The molecular weight excluding hydrogens is 437 g/mol. The molecule has 0 heterocycles. The first-order valence-electron chi connectivity index (χ1n) is 10.9. The third-order valence-electron chi connectivity index (χ3n) is 4.66. The molecule has 0 aliphatic heterocycles. The van der Waals surface area contributed by atoms with Crippen molar-refractivity contribution < 1.29 is 22.6 Å². The molecule has 34 heavy (non-hydrogen) atoms. The Morgan fingerprint density at radius 2 is 1.44 bits per heavy atom. The normalized spacial score (nSPS) is 13.8. The molecular formula is C29H37F3O2. The van der Waals surface area contributed by atoms with Gasteiger partial charge in [-0.3, -0.25) is 0 Å². The fourth-order valence-corrected chi connectivity index (χ4v) is 2.26. The van der Waals surface area contributed by atoms with E-state index in [-0.39, 0.29) is 47.5 Å². The minimum absolute atomic E-state index is 0.0350. The Hall–Kier alpha value is -2.89. The summed E-state index contributed by atoms with van der Waals surface area (Å²) >= 11 is 0. The van der Waals surface area contributed by atoms with Crippen molar-refractivity contribution in [3.8, 4) is 0 Å². The van der Waals surface area contributed by atoms with Gasteiger partial charge in [0.2, 0.25) is 0 Å². The summed E-state index contributed by atoms with van der Waals surface area (Å²) in [7, 11) is 0. The van der Waals surface area contributed by atoms with Gasteiger partial charge in [-0.1, -0.05) is 70.7 Å². The molecule has 0 aromatic rings. The molecule has 0 saturated heterocycles. The van der Waals surface area contributed by atoms with Gasteiger partial charge in [0.15, 0.2) is 11.7 Å². The van der Waals surface area contributed by atoms with Crippen molar-refractivity contribution in [1.29, 1.82) is 0 Å². The molecule has 0 spiro atoms. The van der Waals surface area contributed by atoms with E-state index in [2.05, 4.69) is 39.5 Å². The molecule has 0 aliphatic carbocycles. The van der Waals surface area contributed by atoms with Crippen molar-refractivity contribution in [2.24, 2.45) is 5.92 Å². The summed E-state index contributed by atoms with van der Waals surface area (Å²) in [6, 6.07) is 0. The van der Waals surface area contributed by atoms with E-state index in [1.807, 2.05) is 27.7 Å². The van der Waals surface area contributed by atoms with Crippen LogP contribution < -0.4 is 0 Å². The molecule has 0 aromatic heterocycles. The first kappa shape index (κ1) is 31.1. The van der Waals surface area contributed by atoms with E-state index in [1.165, 1.54) is 18.2 Å². The molecule has 0 radical (unpaired) electrons. The molecule has 0 aromatic carbocycles. The summed E-state index contributed by atoms with van der Waals surface area (Å²) in [6.07, 6.45) is 7.63. The third kappa shape index (κ3) is 11.3. The Morgan fingerprint density at radius 1 is 0.853 bits per heavy atom. The first-order chi connectivity index (χ1) is 15.8. The molecule has 5 heteroatoms. The van der Waals surface area contributed by atoms with Crippen molar-refractivity contribution in [1.82, 2.24) is 0 Å². The highest BCUT2D eigenvalue weighted by molar-refractivity contribution is 5.53. The molecule has 0 N–H and O–H groups in total. The summed E-state index contributed by atoms with van der Waals surface area (Å²) in [5.74, 6) is -3.08. The van der Waals surface area contributed by atoms with Crippen LogP contribution in [0.5, 0.6) is 0 Å². The smallest absolute Gasteiger partial charge is 0.166 e. The van der Waals surface area contributed by atoms with Gasteiger partial charge in [0, 0.05) is 17.1 Å². The second kappa shape index (κ2) is 15.9. The lowest BCUT2D eigenvalue weighted by Crippen LogP contribution is -2.13. The highest BCUT2D eigenvalue weighted by atomic mass is 19.2. The van der Waals surface area contributed by atoms with E-state index in [0.29, 0.717) is 17.8 Å². The highest BCUT2D eigenvalue weighted by Gasteiger charge is 2.15. The molecule has 0 rings (SSSR count). The molecule has 1 unspecified atom stereocenters. The molecule has 0 aliphatic rings. The fourth-order valence-electron chi connectivity index (χ4n) is 2.26. The Morgan fingerprint density at radius 3 is 2.00 bits per heavy atom. The zero-order chi connectivity index (χ0) is 26.4. The number of ether oxygens (including phenoxy) is 2. The number of hydrogen-bond donors (Lipinski definition) is 0. The number of halogens is 3. The minimum atomic E-state index is -1.18. The maximum Gasteiger partial charge on any atom is 0.166 e. The van der Waals surface area contributed by atoms with Crippen LogP contribution in [-0.2, 0) is 9.47 Å². The van der Waals surface area contributed by atoms with Gasteiger partial charge in [-0.25, -0.2) is 13.2 Å². The van der Waals surface area contributed by atoms with Crippen LogP contribution in [0.1, 0.15) is 27.7 Å². The summed E-state index contributed by atoms with van der Waals surface area (Å²) in [6.45, 7) is 30.0. The molecule has 0 saturated carbocycles. The van der Waals surface area contributed by atoms with Crippen LogP contribution in [0.2, 0.25) is 0 Å². The lowest BCUT2D eigenvalue weighted by Gasteiger charge is -2.16. The topological polar surface area (TPSA) is 18.5 Å². The zero-order valence-electron chi connectivity index (χ0n) is 20.9. The standard InChI is InChI=1S/C29H37F3O2/c1-11-12-15-33-17-24(8)28(31)29(32)26(10)21(5)14-13-20(4)22(6)16-27(30)25(9)23(7)18-34-19(2)3/h11-14,16,19,23H,4-6,8-10,15,17-18H2,1-3,7H3/b12-11-,14-13-,27-16+,29-28-. The lowest BCUT2D eigenvalue weighted by atomic mass is 9.99. The Balaban J connectivity index is 5.11. The zero-order valence-corrected chi connectivity index (χ0v) is 20.9. The van der Waals surface area contributed by atoms with E-state index >= 15 is 0 Å². The summed E-state index contributed by atoms with van der Waals surface area (Å²) < 4.78 is 54.0. The van der Waals surface area contributed by atoms with Crippen LogP contribution in [0.3, 0.4) is 0 Å². The quantitative estimate of drug-likeness (QED) is 0.127. The number of hydrogen-bond acceptors (Lipinski definition) is 2. The van der Waals surface area contributed by atoms with Gasteiger partial charge in [-0.2, -0.15) is 0 Å². The molecule has 2 nitrogen and oxygen atoms in total. The SMILES string of the molecule is C=C(/C=C\C(=C)C(=C)/C(F)=C(/F)C(=C)COC/C=C\C)C(=C)/C=C(/F)C(=C)C(C)COC(C)C. The van der Waals surface area contributed by atoms with Gasteiger partial charge in [0.05, 0.1) is 25.9 Å². The average Bonchev–Trinajstić information content (AvgIpc) is 2.80. The Kier molecular flexibility index (Phi) is 14.5. The largest absolute Gasteiger partial charge is 0.378 e. The maximum absolute atomic E-state index is 14.5. The second-order valence-electron chi connectivity index (χ2n) is 8.00. The van der Waals surface area contributed by atoms with E-state index < -0.39 is 17.5 Å². The van der Waals surface area contributed by atoms with Crippen molar-refractivity contribution in [3.05, 3.63) is 121 Å². The van der Waals surface area contributed by atoms with Crippen LogP contribution in [-0.4, -0.2) is 25.9 Å². The molecule has 0 fully saturated rings. The van der Waals surface area contributed by atoms with Gasteiger partial charge >= 0.3 is 0 Å². The third-order valence-corrected chi connectivity index (χ3v) is 4.66.